The van der Waals surface area contributed by atoms with E-state index in [4.69, 9.17) is 5.73 Å². The highest BCUT2D eigenvalue weighted by Crippen LogP contribution is 2.26. The molecule has 3 aromatic rings. The van der Waals surface area contributed by atoms with Gasteiger partial charge >= 0.3 is 0 Å². The van der Waals surface area contributed by atoms with Gasteiger partial charge in [-0.1, -0.05) is 6.07 Å². The second kappa shape index (κ2) is 4.01. The van der Waals surface area contributed by atoms with Gasteiger partial charge in [0, 0.05) is 6.20 Å². The van der Waals surface area contributed by atoms with E-state index in [1.165, 1.54) is 22.9 Å². The number of halogens is 2. The monoisotopic (exact) mass is 260 g/mol. The summed E-state index contributed by atoms with van der Waals surface area (Å²) in [4.78, 5) is 8.12. The van der Waals surface area contributed by atoms with Gasteiger partial charge in [-0.15, -0.1) is 0 Å². The van der Waals surface area contributed by atoms with Crippen LogP contribution in [0.3, 0.4) is 0 Å². The Labute approximate surface area is 107 Å². The SMILES string of the molecule is Cc1ccc(F)c(-n2c(N)nc3cccnc32)c1F. The summed E-state index contributed by atoms with van der Waals surface area (Å²) in [5.74, 6) is -1.38. The molecule has 0 aliphatic rings. The number of fused-ring (bicyclic) bond motifs is 1. The number of hydrogen-bond donors (Lipinski definition) is 1. The van der Waals surface area contributed by atoms with Crippen LogP contribution in [0.2, 0.25) is 0 Å². The molecule has 2 N–H and O–H groups in total. The number of anilines is 1. The smallest absolute Gasteiger partial charge is 0.207 e. The van der Waals surface area contributed by atoms with E-state index in [1.54, 1.807) is 19.1 Å². The molecule has 96 valence electrons. The third-order valence-corrected chi connectivity index (χ3v) is 2.93. The molecule has 1 aromatic carbocycles. The molecule has 2 aromatic heterocycles. The molecule has 6 heteroatoms. The van der Waals surface area contributed by atoms with Crippen LogP contribution in [0.4, 0.5) is 14.7 Å². The predicted octanol–water partition coefficient (Wildman–Crippen LogP) is 2.59. The summed E-state index contributed by atoms with van der Waals surface area (Å²) in [6.07, 6.45) is 1.52. The number of aryl methyl sites for hydroxylation is 1. The minimum atomic E-state index is -0.709. The molecule has 0 bridgehead atoms. The molecule has 2 heterocycles. The fraction of sp³-hybridized carbons (Fsp3) is 0.0769. The van der Waals surface area contributed by atoms with Crippen LogP contribution in [0.25, 0.3) is 16.9 Å². The van der Waals surface area contributed by atoms with Crippen LogP contribution < -0.4 is 5.73 Å². The maximum Gasteiger partial charge on any atom is 0.207 e. The number of rotatable bonds is 1. The highest BCUT2D eigenvalue weighted by molar-refractivity contribution is 5.76. The number of nitrogen functional groups attached to an aromatic ring is 1. The Morgan fingerprint density at radius 2 is 2.00 bits per heavy atom. The molecule has 0 spiro atoms. The Morgan fingerprint density at radius 3 is 2.79 bits per heavy atom. The molecule has 4 nitrogen and oxygen atoms in total. The molecule has 0 fully saturated rings. The Bertz CT molecular complexity index is 780. The first-order chi connectivity index (χ1) is 9.09. The summed E-state index contributed by atoms with van der Waals surface area (Å²) < 4.78 is 29.3. The zero-order valence-corrected chi connectivity index (χ0v) is 10.1. The van der Waals surface area contributed by atoms with Crippen molar-refractivity contribution in [2.75, 3.05) is 5.73 Å². The molecule has 19 heavy (non-hydrogen) atoms. The molecule has 0 unspecified atom stereocenters. The number of nitrogens with zero attached hydrogens (tertiary/aromatic N) is 3. The lowest BCUT2D eigenvalue weighted by atomic mass is 10.2. The molecule has 0 saturated carbocycles. The largest absolute Gasteiger partial charge is 0.369 e. The number of nitrogens with two attached hydrogens (primary N) is 1. The van der Waals surface area contributed by atoms with Gasteiger partial charge in [0.15, 0.2) is 11.5 Å². The van der Waals surface area contributed by atoms with Gasteiger partial charge in [0.25, 0.3) is 0 Å². The van der Waals surface area contributed by atoms with E-state index in [0.717, 1.165) is 0 Å². The summed E-state index contributed by atoms with van der Waals surface area (Å²) in [6.45, 7) is 1.56. The van der Waals surface area contributed by atoms with E-state index in [1.807, 2.05) is 0 Å². The van der Waals surface area contributed by atoms with Crippen molar-refractivity contribution in [2.45, 2.75) is 6.92 Å². The third-order valence-electron chi connectivity index (χ3n) is 2.93. The van der Waals surface area contributed by atoms with Gasteiger partial charge in [0.05, 0.1) is 0 Å². The number of hydrogen-bond acceptors (Lipinski definition) is 3. The molecule has 0 radical (unpaired) electrons. The maximum absolute atomic E-state index is 14.2. The lowest BCUT2D eigenvalue weighted by Crippen LogP contribution is -2.07. The first kappa shape index (κ1) is 11.6. The topological polar surface area (TPSA) is 56.7 Å². The van der Waals surface area contributed by atoms with E-state index < -0.39 is 11.6 Å². The molecule has 0 aliphatic heterocycles. The van der Waals surface area contributed by atoms with E-state index in [9.17, 15) is 8.78 Å². The molecule has 0 atom stereocenters. The maximum atomic E-state index is 14.2. The van der Waals surface area contributed by atoms with Gasteiger partial charge in [-0.3, -0.25) is 4.57 Å². The predicted molar refractivity (Wildman–Crippen MR) is 67.9 cm³/mol. The van der Waals surface area contributed by atoms with E-state index >= 15 is 0 Å². The molecule has 0 aliphatic carbocycles. The number of benzene rings is 1. The average molecular weight is 260 g/mol. The van der Waals surface area contributed by atoms with Crippen molar-refractivity contribution < 1.29 is 8.78 Å². The Hall–Kier alpha value is -2.50. The van der Waals surface area contributed by atoms with Crippen molar-refractivity contribution >= 4 is 17.1 Å². The van der Waals surface area contributed by atoms with E-state index in [2.05, 4.69) is 9.97 Å². The fourth-order valence-electron chi connectivity index (χ4n) is 2.00. The van der Waals surface area contributed by atoms with Crippen molar-refractivity contribution in [3.63, 3.8) is 0 Å². The normalized spacial score (nSPS) is 11.1. The van der Waals surface area contributed by atoms with E-state index in [-0.39, 0.29) is 11.6 Å². The summed E-state index contributed by atoms with van der Waals surface area (Å²) >= 11 is 0. The third kappa shape index (κ3) is 1.64. The highest BCUT2D eigenvalue weighted by Gasteiger charge is 2.19. The Kier molecular flexibility index (Phi) is 2.45. The molecule has 0 amide bonds. The minimum Gasteiger partial charge on any atom is -0.369 e. The Balaban J connectivity index is 2.43. The van der Waals surface area contributed by atoms with Gasteiger partial charge < -0.3 is 5.73 Å². The summed E-state index contributed by atoms with van der Waals surface area (Å²) in [7, 11) is 0. The molecular formula is C13H10F2N4. The van der Waals surface area contributed by atoms with Gasteiger partial charge in [0.1, 0.15) is 17.0 Å². The lowest BCUT2D eigenvalue weighted by Gasteiger charge is -2.10. The van der Waals surface area contributed by atoms with Crippen LogP contribution in [0.1, 0.15) is 5.56 Å². The van der Waals surface area contributed by atoms with Crippen molar-refractivity contribution in [1.29, 1.82) is 0 Å². The zero-order valence-electron chi connectivity index (χ0n) is 10.1. The second-order valence-electron chi connectivity index (χ2n) is 4.18. The van der Waals surface area contributed by atoms with Crippen LogP contribution in [-0.4, -0.2) is 14.5 Å². The van der Waals surface area contributed by atoms with Gasteiger partial charge in [-0.05, 0) is 30.7 Å². The molecule has 0 saturated heterocycles. The first-order valence-electron chi connectivity index (χ1n) is 5.63. The van der Waals surface area contributed by atoms with Crippen LogP contribution >= 0.6 is 0 Å². The van der Waals surface area contributed by atoms with Crippen LogP contribution in [0, 0.1) is 18.6 Å². The van der Waals surface area contributed by atoms with Crippen molar-refractivity contribution in [2.24, 2.45) is 0 Å². The summed E-state index contributed by atoms with van der Waals surface area (Å²) in [5.41, 5.74) is 6.64. The standard InChI is InChI=1S/C13H10F2N4/c1-7-4-5-8(14)11(10(7)15)19-12-9(18-13(19)16)3-2-6-17-12/h2-6H,1H3,(H2,16,18). The fourth-order valence-corrected chi connectivity index (χ4v) is 2.00. The zero-order chi connectivity index (χ0) is 13.6. The van der Waals surface area contributed by atoms with Crippen LogP contribution in [0.15, 0.2) is 30.5 Å². The van der Waals surface area contributed by atoms with Crippen LogP contribution in [0.5, 0.6) is 0 Å². The molecular weight excluding hydrogens is 250 g/mol. The van der Waals surface area contributed by atoms with Gasteiger partial charge in [-0.25, -0.2) is 18.7 Å². The Morgan fingerprint density at radius 1 is 1.21 bits per heavy atom. The second-order valence-corrected chi connectivity index (χ2v) is 4.18. The average Bonchev–Trinajstić information content (AvgIpc) is 2.72. The summed E-state index contributed by atoms with van der Waals surface area (Å²) in [5, 5.41) is 0. The molecule has 3 rings (SSSR count). The van der Waals surface area contributed by atoms with Crippen LogP contribution in [-0.2, 0) is 0 Å². The van der Waals surface area contributed by atoms with Crippen molar-refractivity contribution in [3.8, 4) is 5.69 Å². The highest BCUT2D eigenvalue weighted by atomic mass is 19.1. The van der Waals surface area contributed by atoms with Crippen molar-refractivity contribution in [3.05, 3.63) is 47.7 Å². The lowest BCUT2D eigenvalue weighted by molar-refractivity contribution is 0.566. The number of pyridine rings is 1. The number of aromatic nitrogens is 3. The first-order valence-corrected chi connectivity index (χ1v) is 5.63. The van der Waals surface area contributed by atoms with Crippen molar-refractivity contribution in [1.82, 2.24) is 14.5 Å². The summed E-state index contributed by atoms with van der Waals surface area (Å²) in [6, 6.07) is 5.93. The van der Waals surface area contributed by atoms with Gasteiger partial charge in [-0.2, -0.15) is 0 Å². The number of imidazole rings is 1. The minimum absolute atomic E-state index is 0.00269. The quantitative estimate of drug-likeness (QED) is 0.731. The van der Waals surface area contributed by atoms with Gasteiger partial charge in [0.2, 0.25) is 5.95 Å². The van der Waals surface area contributed by atoms with E-state index in [0.29, 0.717) is 16.7 Å².